The van der Waals surface area contributed by atoms with Crippen LogP contribution in [-0.4, -0.2) is 23.7 Å². The Hall–Kier alpha value is -0.670. The molecule has 0 bridgehead atoms. The first kappa shape index (κ1) is 12.4. The van der Waals surface area contributed by atoms with Gasteiger partial charge in [-0.15, -0.1) is 11.6 Å². The van der Waals surface area contributed by atoms with Gasteiger partial charge in [0, 0.05) is 37.6 Å². The standard InChI is InChI=1S/C11H17ClN2O/c1-8(12)10-7-13-11(14-9(10)2)5-4-6-15-3/h7-8H,4-6H2,1-3H3. The number of nitrogens with zero attached hydrogens (tertiary/aromatic N) is 2. The van der Waals surface area contributed by atoms with Gasteiger partial charge in [-0.1, -0.05) is 0 Å². The highest BCUT2D eigenvalue weighted by molar-refractivity contribution is 6.20. The molecule has 0 aliphatic rings. The van der Waals surface area contributed by atoms with Gasteiger partial charge in [-0.25, -0.2) is 9.97 Å². The molecule has 1 aromatic rings. The van der Waals surface area contributed by atoms with Crippen molar-refractivity contribution < 1.29 is 4.74 Å². The molecule has 1 aromatic heterocycles. The lowest BCUT2D eigenvalue weighted by molar-refractivity contribution is 0.194. The van der Waals surface area contributed by atoms with Crippen LogP contribution in [0.5, 0.6) is 0 Å². The van der Waals surface area contributed by atoms with E-state index in [2.05, 4.69) is 9.97 Å². The van der Waals surface area contributed by atoms with Gasteiger partial charge in [0.15, 0.2) is 0 Å². The number of ether oxygens (including phenoxy) is 1. The van der Waals surface area contributed by atoms with Crippen molar-refractivity contribution in [2.24, 2.45) is 0 Å². The average Bonchev–Trinajstić information content (AvgIpc) is 2.17. The third-order valence-electron chi connectivity index (χ3n) is 2.24. The fraction of sp³-hybridized carbons (Fsp3) is 0.636. The molecule has 15 heavy (non-hydrogen) atoms. The summed E-state index contributed by atoms with van der Waals surface area (Å²) in [5.74, 6) is 0.866. The molecule has 0 saturated carbocycles. The van der Waals surface area contributed by atoms with Gasteiger partial charge in [0.05, 0.1) is 5.38 Å². The summed E-state index contributed by atoms with van der Waals surface area (Å²) in [5, 5.41) is -0.0296. The highest BCUT2D eigenvalue weighted by Crippen LogP contribution is 2.20. The minimum Gasteiger partial charge on any atom is -0.385 e. The summed E-state index contributed by atoms with van der Waals surface area (Å²) in [6.07, 6.45) is 3.62. The van der Waals surface area contributed by atoms with Gasteiger partial charge >= 0.3 is 0 Å². The second-order valence-corrected chi connectivity index (χ2v) is 4.19. The second kappa shape index (κ2) is 6.03. The van der Waals surface area contributed by atoms with E-state index in [-0.39, 0.29) is 5.38 Å². The quantitative estimate of drug-likeness (QED) is 0.574. The number of alkyl halides is 1. The molecule has 1 unspecified atom stereocenters. The van der Waals surface area contributed by atoms with Crippen molar-refractivity contribution in [3.63, 3.8) is 0 Å². The molecule has 1 rings (SSSR count). The Morgan fingerprint density at radius 2 is 2.27 bits per heavy atom. The normalized spacial score (nSPS) is 12.8. The Labute approximate surface area is 95.8 Å². The SMILES string of the molecule is COCCCc1ncc(C(C)Cl)c(C)n1. The zero-order chi connectivity index (χ0) is 11.3. The summed E-state index contributed by atoms with van der Waals surface area (Å²) in [4.78, 5) is 8.70. The molecular weight excluding hydrogens is 212 g/mol. The molecular formula is C11H17ClN2O. The number of rotatable bonds is 5. The van der Waals surface area contributed by atoms with E-state index in [1.54, 1.807) is 7.11 Å². The minimum atomic E-state index is -0.0296. The Balaban J connectivity index is 2.65. The van der Waals surface area contributed by atoms with Crippen LogP contribution in [0, 0.1) is 6.92 Å². The predicted octanol–water partition coefficient (Wildman–Crippen LogP) is 2.66. The van der Waals surface area contributed by atoms with Gasteiger partial charge in [0.2, 0.25) is 0 Å². The van der Waals surface area contributed by atoms with E-state index < -0.39 is 0 Å². The molecule has 0 saturated heterocycles. The molecule has 3 nitrogen and oxygen atoms in total. The van der Waals surface area contributed by atoms with Gasteiger partial charge in [0.25, 0.3) is 0 Å². The summed E-state index contributed by atoms with van der Waals surface area (Å²) in [7, 11) is 1.70. The summed E-state index contributed by atoms with van der Waals surface area (Å²) in [6, 6.07) is 0. The van der Waals surface area contributed by atoms with Gasteiger partial charge in [-0.3, -0.25) is 0 Å². The van der Waals surface area contributed by atoms with Gasteiger partial charge in [-0.2, -0.15) is 0 Å². The highest BCUT2D eigenvalue weighted by Gasteiger charge is 2.07. The Bertz CT molecular complexity index is 315. The Morgan fingerprint density at radius 3 is 2.80 bits per heavy atom. The van der Waals surface area contributed by atoms with Crippen molar-refractivity contribution in [1.82, 2.24) is 9.97 Å². The van der Waals surface area contributed by atoms with Crippen LogP contribution in [0.1, 0.15) is 35.8 Å². The van der Waals surface area contributed by atoms with E-state index in [9.17, 15) is 0 Å². The maximum Gasteiger partial charge on any atom is 0.128 e. The molecule has 4 heteroatoms. The number of hydrogen-bond donors (Lipinski definition) is 0. The van der Waals surface area contributed by atoms with Crippen LogP contribution in [0.15, 0.2) is 6.20 Å². The van der Waals surface area contributed by atoms with Crippen molar-refractivity contribution in [1.29, 1.82) is 0 Å². The van der Waals surface area contributed by atoms with Crippen LogP contribution < -0.4 is 0 Å². The summed E-state index contributed by atoms with van der Waals surface area (Å²) >= 11 is 5.99. The van der Waals surface area contributed by atoms with Crippen LogP contribution in [0.25, 0.3) is 0 Å². The molecule has 0 aromatic carbocycles. The summed E-state index contributed by atoms with van der Waals surface area (Å²) in [5.41, 5.74) is 1.98. The zero-order valence-corrected chi connectivity index (χ0v) is 10.2. The summed E-state index contributed by atoms with van der Waals surface area (Å²) < 4.78 is 4.98. The van der Waals surface area contributed by atoms with Crippen LogP contribution >= 0.6 is 11.6 Å². The van der Waals surface area contributed by atoms with Crippen molar-refractivity contribution in [2.75, 3.05) is 13.7 Å². The van der Waals surface area contributed by atoms with Crippen molar-refractivity contribution in [2.45, 2.75) is 32.1 Å². The lowest BCUT2D eigenvalue weighted by atomic mass is 10.2. The molecule has 84 valence electrons. The first-order valence-corrected chi connectivity index (χ1v) is 5.54. The third-order valence-corrected chi connectivity index (χ3v) is 2.48. The Morgan fingerprint density at radius 1 is 1.53 bits per heavy atom. The fourth-order valence-electron chi connectivity index (χ4n) is 1.41. The molecule has 0 aliphatic heterocycles. The van der Waals surface area contributed by atoms with Crippen molar-refractivity contribution >= 4 is 11.6 Å². The van der Waals surface area contributed by atoms with Gasteiger partial charge < -0.3 is 4.74 Å². The van der Waals surface area contributed by atoms with E-state index in [1.807, 2.05) is 20.0 Å². The molecule has 0 amide bonds. The van der Waals surface area contributed by atoms with Crippen LogP contribution in [-0.2, 0) is 11.2 Å². The monoisotopic (exact) mass is 228 g/mol. The zero-order valence-electron chi connectivity index (χ0n) is 9.46. The maximum absolute atomic E-state index is 5.99. The molecule has 0 radical (unpaired) electrons. The van der Waals surface area contributed by atoms with E-state index in [4.69, 9.17) is 16.3 Å². The molecule has 1 heterocycles. The molecule has 0 aliphatic carbocycles. The molecule has 0 N–H and O–H groups in total. The lowest BCUT2D eigenvalue weighted by Gasteiger charge is -2.08. The first-order valence-electron chi connectivity index (χ1n) is 5.10. The number of halogens is 1. The topological polar surface area (TPSA) is 35.0 Å². The second-order valence-electron chi connectivity index (χ2n) is 3.54. The minimum absolute atomic E-state index is 0.0296. The van der Waals surface area contributed by atoms with Crippen LogP contribution in [0.2, 0.25) is 0 Å². The largest absolute Gasteiger partial charge is 0.385 e. The maximum atomic E-state index is 5.99. The number of methoxy groups -OCH3 is 1. The smallest absolute Gasteiger partial charge is 0.128 e. The van der Waals surface area contributed by atoms with Crippen molar-refractivity contribution in [3.8, 4) is 0 Å². The van der Waals surface area contributed by atoms with Crippen LogP contribution in [0.4, 0.5) is 0 Å². The third kappa shape index (κ3) is 3.76. The molecule has 0 spiro atoms. The van der Waals surface area contributed by atoms with Gasteiger partial charge in [0.1, 0.15) is 5.82 Å². The predicted molar refractivity (Wildman–Crippen MR) is 61.2 cm³/mol. The van der Waals surface area contributed by atoms with Crippen molar-refractivity contribution in [3.05, 3.63) is 23.3 Å². The number of aryl methyl sites for hydroxylation is 2. The lowest BCUT2D eigenvalue weighted by Crippen LogP contribution is -2.03. The molecule has 1 atom stereocenters. The molecule has 0 fully saturated rings. The number of hydrogen-bond acceptors (Lipinski definition) is 3. The van der Waals surface area contributed by atoms with E-state index >= 15 is 0 Å². The van der Waals surface area contributed by atoms with Gasteiger partial charge in [-0.05, 0) is 20.3 Å². The number of aromatic nitrogens is 2. The van der Waals surface area contributed by atoms with E-state index in [1.165, 1.54) is 0 Å². The highest BCUT2D eigenvalue weighted by atomic mass is 35.5. The Kier molecular flexibility index (Phi) is 4.99. The fourth-order valence-corrected chi connectivity index (χ4v) is 1.62. The first-order chi connectivity index (χ1) is 7.15. The van der Waals surface area contributed by atoms with E-state index in [0.717, 1.165) is 36.5 Å². The summed E-state index contributed by atoms with van der Waals surface area (Å²) in [6.45, 7) is 4.64. The van der Waals surface area contributed by atoms with E-state index in [0.29, 0.717) is 0 Å². The average molecular weight is 229 g/mol. The van der Waals surface area contributed by atoms with Crippen LogP contribution in [0.3, 0.4) is 0 Å².